The zero-order valence-corrected chi connectivity index (χ0v) is 17.9. The van der Waals surface area contributed by atoms with Crippen molar-refractivity contribution in [3.8, 4) is 17.2 Å². The van der Waals surface area contributed by atoms with Crippen LogP contribution in [0.4, 0.5) is 0 Å². The van der Waals surface area contributed by atoms with Gasteiger partial charge in [-0.15, -0.1) is 0 Å². The lowest BCUT2D eigenvalue weighted by Crippen LogP contribution is -2.04. The predicted molar refractivity (Wildman–Crippen MR) is 110 cm³/mol. The van der Waals surface area contributed by atoms with Crippen molar-refractivity contribution in [1.29, 1.82) is 0 Å². The van der Waals surface area contributed by atoms with E-state index in [4.69, 9.17) is 16.5 Å². The van der Waals surface area contributed by atoms with Gasteiger partial charge in [0.15, 0.2) is 0 Å². The molecule has 0 bridgehead atoms. The number of halogens is 4. The Morgan fingerprint density at radius 3 is 2.29 bits per heavy atom. The van der Waals surface area contributed by atoms with Gasteiger partial charge in [0.1, 0.15) is 17.2 Å². The van der Waals surface area contributed by atoms with Crippen molar-refractivity contribution >= 4 is 79.5 Å². The summed E-state index contributed by atoms with van der Waals surface area (Å²) in [6, 6.07) is 9.71. The molecule has 112 valence electrons. The molecule has 0 aliphatic heterocycles. The molecule has 0 aromatic heterocycles. The highest BCUT2D eigenvalue weighted by Crippen LogP contribution is 2.34. The predicted octanol–water partition coefficient (Wildman–Crippen LogP) is 5.28. The quantitative estimate of drug-likeness (QED) is 0.345. The fraction of sp³-hybridized carbons (Fsp3) is 0.143. The minimum absolute atomic E-state index is 0.294. The Bertz CT molecular complexity index is 629. The first-order valence-corrected chi connectivity index (χ1v) is 9.60. The number of benzene rings is 2. The lowest BCUT2D eigenvalue weighted by Gasteiger charge is -2.11. The molecule has 0 saturated carbocycles. The Balaban J connectivity index is 2.20. The van der Waals surface area contributed by atoms with Crippen LogP contribution in [0.3, 0.4) is 0 Å². The second-order valence-electron chi connectivity index (χ2n) is 4.24. The zero-order valence-electron chi connectivity index (χ0n) is 10.7. The summed E-state index contributed by atoms with van der Waals surface area (Å²) < 4.78 is 8.50. The molecule has 0 fully saturated rings. The van der Waals surface area contributed by atoms with Gasteiger partial charge in [-0.25, -0.2) is 4.84 Å². The summed E-state index contributed by atoms with van der Waals surface area (Å²) in [6.07, 6.45) is 0.870. The lowest BCUT2D eigenvalue weighted by molar-refractivity contribution is 0.456. The van der Waals surface area contributed by atoms with Crippen LogP contribution in [0.15, 0.2) is 30.3 Å². The van der Waals surface area contributed by atoms with E-state index in [1.165, 1.54) is 5.56 Å². The molecule has 2 aromatic carbocycles. The number of ether oxygens (including phenoxy) is 1. The number of nitrogens with one attached hydrogen (secondary N) is 1. The van der Waals surface area contributed by atoms with Gasteiger partial charge in [-0.3, -0.25) is 0 Å². The third-order valence-corrected chi connectivity index (χ3v) is 5.40. The highest BCUT2D eigenvalue weighted by molar-refractivity contribution is 14.1. The summed E-state index contributed by atoms with van der Waals surface area (Å²) in [4.78, 5) is 2.62. The van der Waals surface area contributed by atoms with Crippen molar-refractivity contribution in [3.05, 3.63) is 46.6 Å². The van der Waals surface area contributed by atoms with E-state index >= 15 is 0 Å². The van der Waals surface area contributed by atoms with Gasteiger partial charge in [0.25, 0.3) is 0 Å². The van der Waals surface area contributed by atoms with Gasteiger partial charge in [-0.1, -0.05) is 6.07 Å². The molecule has 0 radical (unpaired) electrons. The number of hydrogen-bond acceptors (Lipinski definition) is 3. The molecule has 2 N–H and O–H groups in total. The number of rotatable bonds is 5. The van der Waals surface area contributed by atoms with E-state index < -0.39 is 0 Å². The van der Waals surface area contributed by atoms with E-state index in [1.807, 2.05) is 24.3 Å². The third kappa shape index (κ3) is 4.98. The molecule has 0 atom stereocenters. The Kier molecular flexibility index (Phi) is 7.10. The van der Waals surface area contributed by atoms with Gasteiger partial charge in [0.05, 0.1) is 10.7 Å². The Morgan fingerprint density at radius 2 is 1.71 bits per heavy atom. The van der Waals surface area contributed by atoms with Crippen LogP contribution in [0.2, 0.25) is 0 Å². The molecule has 0 heterocycles. The van der Waals surface area contributed by atoms with Gasteiger partial charge < -0.3 is 9.84 Å². The van der Waals surface area contributed by atoms with Crippen molar-refractivity contribution in [1.82, 2.24) is 4.84 Å². The van der Waals surface area contributed by atoms with Gasteiger partial charge in [0.2, 0.25) is 0 Å². The van der Waals surface area contributed by atoms with Crippen molar-refractivity contribution in [2.75, 3.05) is 6.54 Å². The summed E-state index contributed by atoms with van der Waals surface area (Å²) in [7, 11) is 0. The maximum atomic E-state index is 9.78. The minimum atomic E-state index is 0.294. The second-order valence-corrected chi connectivity index (χ2v) is 7.99. The summed E-state index contributed by atoms with van der Waals surface area (Å²) >= 11 is 11.9. The SMILES string of the molecule is Oc1c(I)cc(Oc2ccc(CCNCl)cc2I)cc1I. The average Bonchev–Trinajstić information content (AvgIpc) is 2.45. The van der Waals surface area contributed by atoms with E-state index in [0.29, 0.717) is 5.75 Å². The fourth-order valence-corrected chi connectivity index (χ4v) is 4.20. The molecule has 3 nitrogen and oxygen atoms in total. The maximum Gasteiger partial charge on any atom is 0.142 e. The van der Waals surface area contributed by atoms with E-state index in [1.54, 1.807) is 0 Å². The first-order valence-electron chi connectivity index (χ1n) is 5.99. The van der Waals surface area contributed by atoms with Crippen LogP contribution in [-0.2, 0) is 6.42 Å². The van der Waals surface area contributed by atoms with Crippen LogP contribution in [-0.4, -0.2) is 11.7 Å². The molecule has 0 spiro atoms. The summed E-state index contributed by atoms with van der Waals surface area (Å²) in [5.74, 6) is 1.81. The molecule has 2 aromatic rings. The van der Waals surface area contributed by atoms with Crippen molar-refractivity contribution in [2.45, 2.75) is 6.42 Å². The normalized spacial score (nSPS) is 10.7. The van der Waals surface area contributed by atoms with E-state index in [9.17, 15) is 5.11 Å². The number of hydrogen-bond donors (Lipinski definition) is 2. The average molecular weight is 641 g/mol. The van der Waals surface area contributed by atoms with Crippen LogP contribution in [0, 0.1) is 10.7 Å². The molecule has 7 heteroatoms. The van der Waals surface area contributed by atoms with Crippen molar-refractivity contribution in [2.24, 2.45) is 0 Å². The smallest absolute Gasteiger partial charge is 0.142 e. The van der Waals surface area contributed by atoms with Gasteiger partial charge in [0, 0.05) is 6.54 Å². The summed E-state index contributed by atoms with van der Waals surface area (Å²) in [5.41, 5.74) is 1.20. The largest absolute Gasteiger partial charge is 0.506 e. The van der Waals surface area contributed by atoms with E-state index in [-0.39, 0.29) is 0 Å². The van der Waals surface area contributed by atoms with Crippen molar-refractivity contribution in [3.63, 3.8) is 0 Å². The highest BCUT2D eigenvalue weighted by Gasteiger charge is 2.09. The Morgan fingerprint density at radius 1 is 1.05 bits per heavy atom. The number of aromatic hydroxyl groups is 1. The molecule has 0 saturated heterocycles. The first kappa shape index (κ1) is 17.8. The van der Waals surface area contributed by atoms with Gasteiger partial charge in [-0.05, 0) is 116 Å². The van der Waals surface area contributed by atoms with Crippen LogP contribution in [0.25, 0.3) is 0 Å². The molecule has 2 rings (SSSR count). The van der Waals surface area contributed by atoms with Crippen molar-refractivity contribution < 1.29 is 9.84 Å². The highest BCUT2D eigenvalue weighted by atomic mass is 127. The Labute approximate surface area is 169 Å². The Hall–Kier alpha value is 0.480. The zero-order chi connectivity index (χ0) is 15.4. The minimum Gasteiger partial charge on any atom is -0.506 e. The topological polar surface area (TPSA) is 41.5 Å². The van der Waals surface area contributed by atoms with Crippen LogP contribution in [0.1, 0.15) is 5.56 Å². The summed E-state index contributed by atoms with van der Waals surface area (Å²) in [5, 5.41) is 9.78. The molecular formula is C14H11ClI3NO2. The monoisotopic (exact) mass is 641 g/mol. The van der Waals surface area contributed by atoms with Gasteiger partial charge in [-0.2, -0.15) is 0 Å². The molecule has 0 unspecified atom stereocenters. The molecule has 21 heavy (non-hydrogen) atoms. The maximum absolute atomic E-state index is 9.78. The lowest BCUT2D eigenvalue weighted by atomic mass is 10.1. The molecule has 0 aliphatic rings. The van der Waals surface area contributed by atoms with Crippen LogP contribution in [0.5, 0.6) is 17.2 Å². The number of phenols is 1. The van der Waals surface area contributed by atoms with E-state index in [0.717, 1.165) is 35.2 Å². The second kappa shape index (κ2) is 8.37. The standard InChI is InChI=1S/C14H11ClI3NO2/c15-19-4-3-8-1-2-13(10(16)5-8)21-9-6-11(17)14(20)12(18)7-9/h1-2,5-7,19-20H,3-4H2. The first-order chi connectivity index (χ1) is 10.0. The number of phenolic OH excluding ortho intramolecular Hbond substituents is 1. The summed E-state index contributed by atoms with van der Waals surface area (Å²) in [6.45, 7) is 0.728. The molecule has 0 aliphatic carbocycles. The van der Waals surface area contributed by atoms with Gasteiger partial charge >= 0.3 is 0 Å². The van der Waals surface area contributed by atoms with E-state index in [2.05, 4.69) is 78.7 Å². The molecule has 0 amide bonds. The van der Waals surface area contributed by atoms with Crippen LogP contribution < -0.4 is 9.57 Å². The van der Waals surface area contributed by atoms with Crippen LogP contribution >= 0.6 is 79.5 Å². The third-order valence-electron chi connectivity index (χ3n) is 2.72. The fourth-order valence-electron chi connectivity index (χ4n) is 1.70. The molecular weight excluding hydrogens is 630 g/mol.